The van der Waals surface area contributed by atoms with E-state index in [2.05, 4.69) is 40.3 Å². The van der Waals surface area contributed by atoms with Crippen LogP contribution in [-0.4, -0.2) is 9.97 Å². The summed E-state index contributed by atoms with van der Waals surface area (Å²) < 4.78 is 0. The van der Waals surface area contributed by atoms with Gasteiger partial charge in [0.15, 0.2) is 0 Å². The van der Waals surface area contributed by atoms with Crippen LogP contribution in [0.2, 0.25) is 5.15 Å². The van der Waals surface area contributed by atoms with Gasteiger partial charge in [-0.1, -0.05) is 61.2 Å². The van der Waals surface area contributed by atoms with Crippen LogP contribution in [0.3, 0.4) is 0 Å². The Morgan fingerprint density at radius 3 is 2.37 bits per heavy atom. The van der Waals surface area contributed by atoms with Crippen molar-refractivity contribution >= 4 is 11.6 Å². The summed E-state index contributed by atoms with van der Waals surface area (Å²) in [4.78, 5) is 9.02. The van der Waals surface area contributed by atoms with Crippen molar-refractivity contribution < 1.29 is 0 Å². The molecule has 19 heavy (non-hydrogen) atoms. The van der Waals surface area contributed by atoms with Gasteiger partial charge in [-0.15, -0.1) is 0 Å². The predicted molar refractivity (Wildman–Crippen MR) is 77.3 cm³/mol. The first kappa shape index (κ1) is 12.6. The summed E-state index contributed by atoms with van der Waals surface area (Å²) in [5, 5.41) is 0.533. The lowest BCUT2D eigenvalue weighted by molar-refractivity contribution is 0.330. The molecule has 0 radical (unpaired) electrons. The maximum absolute atomic E-state index is 6.06. The average molecular weight is 273 g/mol. The number of aromatic nitrogens is 2. The van der Waals surface area contributed by atoms with E-state index in [-0.39, 0.29) is 5.41 Å². The molecule has 98 valence electrons. The van der Waals surface area contributed by atoms with Gasteiger partial charge in [-0.25, -0.2) is 9.97 Å². The molecule has 0 N–H and O–H groups in total. The van der Waals surface area contributed by atoms with Gasteiger partial charge in [0.1, 0.15) is 11.0 Å². The SMILES string of the molecule is Clc1ccnc(C2(c3ccccc3)CCCCC2)n1. The minimum Gasteiger partial charge on any atom is -0.240 e. The van der Waals surface area contributed by atoms with Gasteiger partial charge in [0, 0.05) is 6.20 Å². The minimum absolute atomic E-state index is 0.0512. The molecule has 0 saturated heterocycles. The molecule has 0 atom stereocenters. The summed E-state index contributed by atoms with van der Waals surface area (Å²) in [5.41, 5.74) is 1.27. The fraction of sp³-hybridized carbons (Fsp3) is 0.375. The van der Waals surface area contributed by atoms with Crippen molar-refractivity contribution in [2.75, 3.05) is 0 Å². The number of nitrogens with zero attached hydrogens (tertiary/aromatic N) is 2. The van der Waals surface area contributed by atoms with Gasteiger partial charge < -0.3 is 0 Å². The molecule has 0 aliphatic heterocycles. The summed E-state index contributed by atoms with van der Waals surface area (Å²) in [6, 6.07) is 12.4. The molecule has 0 amide bonds. The quantitative estimate of drug-likeness (QED) is 0.758. The maximum Gasteiger partial charge on any atom is 0.140 e. The zero-order valence-electron chi connectivity index (χ0n) is 10.8. The third-order valence-electron chi connectivity index (χ3n) is 4.08. The predicted octanol–water partition coefficient (Wildman–Crippen LogP) is 4.38. The highest BCUT2D eigenvalue weighted by atomic mass is 35.5. The Morgan fingerprint density at radius 1 is 0.947 bits per heavy atom. The van der Waals surface area contributed by atoms with Crippen LogP contribution < -0.4 is 0 Å². The first-order valence-electron chi connectivity index (χ1n) is 6.86. The molecule has 1 heterocycles. The first-order chi connectivity index (χ1) is 9.31. The monoisotopic (exact) mass is 272 g/mol. The van der Waals surface area contributed by atoms with E-state index < -0.39 is 0 Å². The molecule has 2 aromatic rings. The molecule has 1 saturated carbocycles. The van der Waals surface area contributed by atoms with E-state index in [9.17, 15) is 0 Å². The van der Waals surface area contributed by atoms with Crippen molar-refractivity contribution in [3.63, 3.8) is 0 Å². The zero-order valence-corrected chi connectivity index (χ0v) is 11.6. The minimum atomic E-state index is -0.0512. The zero-order chi connectivity index (χ0) is 13.1. The number of halogens is 1. The van der Waals surface area contributed by atoms with E-state index in [1.54, 1.807) is 12.3 Å². The lowest BCUT2D eigenvalue weighted by Crippen LogP contribution is -2.32. The number of benzene rings is 1. The molecule has 3 heteroatoms. The van der Waals surface area contributed by atoms with Gasteiger partial charge in [0.2, 0.25) is 0 Å². The normalized spacial score (nSPS) is 18.2. The van der Waals surface area contributed by atoms with Crippen LogP contribution in [0.25, 0.3) is 0 Å². The van der Waals surface area contributed by atoms with Crippen molar-refractivity contribution in [1.29, 1.82) is 0 Å². The van der Waals surface area contributed by atoms with Gasteiger partial charge in [-0.3, -0.25) is 0 Å². The average Bonchev–Trinajstić information content (AvgIpc) is 2.49. The van der Waals surface area contributed by atoms with E-state index in [0.29, 0.717) is 5.15 Å². The topological polar surface area (TPSA) is 25.8 Å². The Labute approximate surface area is 118 Å². The molecule has 1 aliphatic carbocycles. The summed E-state index contributed by atoms with van der Waals surface area (Å²) in [6.45, 7) is 0. The largest absolute Gasteiger partial charge is 0.240 e. The molecule has 1 aromatic carbocycles. The molecular weight excluding hydrogens is 256 g/mol. The van der Waals surface area contributed by atoms with Crippen LogP contribution in [-0.2, 0) is 5.41 Å². The Morgan fingerprint density at radius 2 is 1.68 bits per heavy atom. The van der Waals surface area contributed by atoms with Gasteiger partial charge in [-0.2, -0.15) is 0 Å². The van der Waals surface area contributed by atoms with Crippen LogP contribution in [0.1, 0.15) is 43.5 Å². The van der Waals surface area contributed by atoms with Gasteiger partial charge >= 0.3 is 0 Å². The van der Waals surface area contributed by atoms with Crippen molar-refractivity contribution in [2.24, 2.45) is 0 Å². The second kappa shape index (κ2) is 5.30. The Kier molecular flexibility index (Phi) is 3.52. The van der Waals surface area contributed by atoms with E-state index in [0.717, 1.165) is 18.7 Å². The van der Waals surface area contributed by atoms with E-state index >= 15 is 0 Å². The van der Waals surface area contributed by atoms with Crippen molar-refractivity contribution in [3.8, 4) is 0 Å². The van der Waals surface area contributed by atoms with Gasteiger partial charge in [0.05, 0.1) is 5.41 Å². The Hall–Kier alpha value is -1.41. The number of hydrogen-bond acceptors (Lipinski definition) is 2. The standard InChI is InChI=1S/C16H17ClN2/c17-14-9-12-18-15(19-14)16(10-5-2-6-11-16)13-7-3-1-4-8-13/h1,3-4,7-9,12H,2,5-6,10-11H2. The fourth-order valence-electron chi connectivity index (χ4n) is 3.12. The number of rotatable bonds is 2. The first-order valence-corrected chi connectivity index (χ1v) is 7.24. The van der Waals surface area contributed by atoms with Gasteiger partial charge in [0.25, 0.3) is 0 Å². The van der Waals surface area contributed by atoms with Crippen molar-refractivity contribution in [1.82, 2.24) is 9.97 Å². The van der Waals surface area contributed by atoms with Crippen molar-refractivity contribution in [3.05, 3.63) is 59.1 Å². The Bertz CT molecular complexity index is 548. The molecule has 0 spiro atoms. The third kappa shape index (κ3) is 2.37. The molecule has 0 bridgehead atoms. The highest BCUT2D eigenvalue weighted by Gasteiger charge is 2.38. The van der Waals surface area contributed by atoms with Crippen LogP contribution >= 0.6 is 11.6 Å². The third-order valence-corrected chi connectivity index (χ3v) is 4.29. The molecule has 1 fully saturated rings. The van der Waals surface area contributed by atoms with Crippen LogP contribution in [0.15, 0.2) is 42.6 Å². The highest BCUT2D eigenvalue weighted by Crippen LogP contribution is 2.43. The number of hydrogen-bond donors (Lipinski definition) is 0. The van der Waals surface area contributed by atoms with E-state index in [1.807, 2.05) is 0 Å². The second-order valence-corrected chi connectivity index (χ2v) is 5.60. The lowest BCUT2D eigenvalue weighted by atomic mass is 9.69. The summed E-state index contributed by atoms with van der Waals surface area (Å²) >= 11 is 6.06. The molecular formula is C16H17ClN2. The molecule has 3 rings (SSSR count). The molecule has 2 nitrogen and oxygen atoms in total. The highest BCUT2D eigenvalue weighted by molar-refractivity contribution is 6.29. The van der Waals surface area contributed by atoms with Gasteiger partial charge in [-0.05, 0) is 24.5 Å². The van der Waals surface area contributed by atoms with Crippen molar-refractivity contribution in [2.45, 2.75) is 37.5 Å². The maximum atomic E-state index is 6.06. The Balaban J connectivity index is 2.12. The summed E-state index contributed by atoms with van der Waals surface area (Å²) in [7, 11) is 0. The lowest BCUT2D eigenvalue weighted by Gasteiger charge is -2.36. The summed E-state index contributed by atoms with van der Waals surface area (Å²) in [6.07, 6.45) is 7.74. The fourth-order valence-corrected chi connectivity index (χ4v) is 3.26. The summed E-state index contributed by atoms with van der Waals surface area (Å²) in [5.74, 6) is 0.880. The van der Waals surface area contributed by atoms with E-state index in [1.165, 1.54) is 24.8 Å². The smallest absolute Gasteiger partial charge is 0.140 e. The molecule has 0 unspecified atom stereocenters. The van der Waals surface area contributed by atoms with Crippen LogP contribution in [0.4, 0.5) is 0 Å². The second-order valence-electron chi connectivity index (χ2n) is 5.21. The molecule has 1 aromatic heterocycles. The molecule has 1 aliphatic rings. The van der Waals surface area contributed by atoms with Crippen LogP contribution in [0.5, 0.6) is 0 Å². The van der Waals surface area contributed by atoms with Crippen LogP contribution in [0, 0.1) is 0 Å². The van der Waals surface area contributed by atoms with E-state index in [4.69, 9.17) is 11.6 Å².